The van der Waals surface area contributed by atoms with Gasteiger partial charge >= 0.3 is 0 Å². The van der Waals surface area contributed by atoms with Gasteiger partial charge in [0, 0.05) is 12.1 Å². The second kappa shape index (κ2) is 6.71. The Morgan fingerprint density at radius 1 is 1.26 bits per heavy atom. The minimum absolute atomic E-state index is 0.00982. The summed E-state index contributed by atoms with van der Waals surface area (Å²) in [5.41, 5.74) is 0.933. The number of nitrogens with zero attached hydrogens (tertiary/aromatic N) is 1. The van der Waals surface area contributed by atoms with Crippen molar-refractivity contribution in [3.05, 3.63) is 35.9 Å². The Morgan fingerprint density at radius 2 is 1.96 bits per heavy atom. The molecule has 1 heterocycles. The minimum atomic E-state index is -0.655. The van der Waals surface area contributed by atoms with Crippen LogP contribution >= 0.6 is 0 Å². The summed E-state index contributed by atoms with van der Waals surface area (Å²) in [6, 6.07) is 9.57. The van der Waals surface area contributed by atoms with E-state index in [0.717, 1.165) is 24.8 Å². The Hall–Kier alpha value is -1.88. The third-order valence-corrected chi connectivity index (χ3v) is 4.67. The van der Waals surface area contributed by atoms with Crippen molar-refractivity contribution in [1.29, 1.82) is 0 Å². The fourth-order valence-electron chi connectivity index (χ4n) is 3.28. The molecule has 1 aliphatic heterocycles. The Labute approximate surface area is 137 Å². The summed E-state index contributed by atoms with van der Waals surface area (Å²) in [6.45, 7) is 3.91. The van der Waals surface area contributed by atoms with Crippen LogP contribution in [0.4, 0.5) is 0 Å². The van der Waals surface area contributed by atoms with E-state index in [-0.39, 0.29) is 36.5 Å². The summed E-state index contributed by atoms with van der Waals surface area (Å²) >= 11 is 0. The van der Waals surface area contributed by atoms with Crippen LogP contribution in [0.25, 0.3) is 0 Å². The molecule has 124 valence electrons. The van der Waals surface area contributed by atoms with Crippen molar-refractivity contribution < 1.29 is 14.3 Å². The minimum Gasteiger partial charge on any atom is -0.356 e. The van der Waals surface area contributed by atoms with Crippen molar-refractivity contribution >= 4 is 11.8 Å². The summed E-state index contributed by atoms with van der Waals surface area (Å²) in [5.74, 6) is -0.178. The maximum atomic E-state index is 12.7. The van der Waals surface area contributed by atoms with Gasteiger partial charge in [-0.1, -0.05) is 30.3 Å². The lowest BCUT2D eigenvalue weighted by molar-refractivity contribution is -0.167. The lowest BCUT2D eigenvalue weighted by Gasteiger charge is -2.43. The Bertz CT molecular complexity index is 569. The normalized spacial score (nSPS) is 25.3. The molecule has 1 N–H and O–H groups in total. The number of rotatable bonds is 4. The number of hydrogen-bond donors (Lipinski definition) is 1. The second-order valence-electron chi connectivity index (χ2n) is 6.62. The van der Waals surface area contributed by atoms with Crippen molar-refractivity contribution in [2.24, 2.45) is 0 Å². The van der Waals surface area contributed by atoms with Gasteiger partial charge in [-0.3, -0.25) is 9.59 Å². The average Bonchev–Trinajstić information content (AvgIpc) is 2.50. The van der Waals surface area contributed by atoms with E-state index < -0.39 is 6.10 Å². The van der Waals surface area contributed by atoms with E-state index >= 15 is 0 Å². The molecule has 23 heavy (non-hydrogen) atoms. The van der Waals surface area contributed by atoms with Gasteiger partial charge in [-0.2, -0.15) is 0 Å². The zero-order valence-electron chi connectivity index (χ0n) is 13.7. The molecule has 2 aliphatic rings. The lowest BCUT2D eigenvalue weighted by Crippen LogP contribution is -2.57. The highest BCUT2D eigenvalue weighted by atomic mass is 16.5. The molecular formula is C18H24N2O3. The van der Waals surface area contributed by atoms with Gasteiger partial charge in [-0.25, -0.2) is 0 Å². The highest BCUT2D eigenvalue weighted by Crippen LogP contribution is 2.32. The molecule has 1 saturated carbocycles. The highest BCUT2D eigenvalue weighted by molar-refractivity contribution is 5.86. The summed E-state index contributed by atoms with van der Waals surface area (Å²) < 4.78 is 5.67. The van der Waals surface area contributed by atoms with Crippen LogP contribution in [0.3, 0.4) is 0 Å². The van der Waals surface area contributed by atoms with E-state index in [0.29, 0.717) is 0 Å². The average molecular weight is 316 g/mol. The predicted molar refractivity (Wildman–Crippen MR) is 86.7 cm³/mol. The molecule has 1 aromatic carbocycles. The zero-order valence-corrected chi connectivity index (χ0v) is 13.7. The van der Waals surface area contributed by atoms with Crippen molar-refractivity contribution in [3.63, 3.8) is 0 Å². The smallest absolute Gasteiger partial charge is 0.251 e. The number of carbonyl (C=O) groups excluding carboxylic acids is 2. The van der Waals surface area contributed by atoms with Crippen LogP contribution in [0.1, 0.15) is 44.7 Å². The molecule has 2 amide bonds. The van der Waals surface area contributed by atoms with Gasteiger partial charge < -0.3 is 15.0 Å². The third-order valence-electron chi connectivity index (χ3n) is 4.67. The van der Waals surface area contributed by atoms with Crippen LogP contribution in [-0.2, 0) is 14.3 Å². The number of morpholine rings is 1. The number of hydrogen-bond acceptors (Lipinski definition) is 3. The molecule has 0 radical (unpaired) electrons. The first kappa shape index (κ1) is 16.0. The van der Waals surface area contributed by atoms with Crippen LogP contribution in [0.15, 0.2) is 30.3 Å². The van der Waals surface area contributed by atoms with Gasteiger partial charge in [0.1, 0.15) is 6.61 Å². The van der Waals surface area contributed by atoms with Gasteiger partial charge in [0.15, 0.2) is 6.10 Å². The van der Waals surface area contributed by atoms with E-state index in [1.807, 2.05) is 44.2 Å². The molecule has 3 rings (SSSR count). The molecule has 2 atom stereocenters. The van der Waals surface area contributed by atoms with Crippen molar-refractivity contribution in [3.8, 4) is 0 Å². The SMILES string of the molecule is CC(C)N1C(=O)CO[C@H](C(=O)NC2CCC2)[C@H]1c1ccccc1. The number of amides is 2. The number of ether oxygens (including phenoxy) is 1. The zero-order chi connectivity index (χ0) is 16.4. The summed E-state index contributed by atoms with van der Waals surface area (Å²) in [7, 11) is 0. The fraction of sp³-hybridized carbons (Fsp3) is 0.556. The summed E-state index contributed by atoms with van der Waals surface area (Å²) in [6.07, 6.45) is 2.57. The number of carbonyl (C=O) groups is 2. The Balaban J connectivity index is 1.89. The molecule has 0 bridgehead atoms. The molecule has 5 heteroatoms. The van der Waals surface area contributed by atoms with Crippen molar-refractivity contribution in [2.75, 3.05) is 6.61 Å². The van der Waals surface area contributed by atoms with E-state index in [9.17, 15) is 9.59 Å². The van der Waals surface area contributed by atoms with Gasteiger partial charge in [-0.15, -0.1) is 0 Å². The van der Waals surface area contributed by atoms with Crippen molar-refractivity contribution in [1.82, 2.24) is 10.2 Å². The van der Waals surface area contributed by atoms with E-state index in [2.05, 4.69) is 5.32 Å². The standard InChI is InChI=1S/C18H24N2O3/c1-12(2)20-15(21)11-23-17(18(22)19-14-9-6-10-14)16(20)13-7-4-3-5-8-13/h3-5,7-8,12,14,16-17H,6,9-11H2,1-2H3,(H,19,22)/t16-,17+/m1/s1. The first-order valence-corrected chi connectivity index (χ1v) is 8.36. The molecule has 1 aromatic rings. The van der Waals surface area contributed by atoms with E-state index in [1.165, 1.54) is 0 Å². The molecule has 0 spiro atoms. The van der Waals surface area contributed by atoms with Crippen LogP contribution in [-0.4, -0.2) is 41.5 Å². The highest BCUT2D eigenvalue weighted by Gasteiger charge is 2.43. The van der Waals surface area contributed by atoms with Gasteiger partial charge in [0.05, 0.1) is 6.04 Å². The van der Waals surface area contributed by atoms with Crippen molar-refractivity contribution in [2.45, 2.75) is 57.3 Å². The van der Waals surface area contributed by atoms with E-state index in [4.69, 9.17) is 4.74 Å². The van der Waals surface area contributed by atoms with E-state index in [1.54, 1.807) is 4.90 Å². The predicted octanol–water partition coefficient (Wildman–Crippen LogP) is 2.03. The first-order chi connectivity index (χ1) is 11.1. The van der Waals surface area contributed by atoms with Crippen LogP contribution in [0, 0.1) is 0 Å². The second-order valence-corrected chi connectivity index (χ2v) is 6.62. The van der Waals surface area contributed by atoms with Gasteiger partial charge in [0.25, 0.3) is 5.91 Å². The third kappa shape index (κ3) is 3.24. The summed E-state index contributed by atoms with van der Waals surface area (Å²) in [5, 5.41) is 3.06. The lowest BCUT2D eigenvalue weighted by atomic mass is 9.91. The van der Waals surface area contributed by atoms with Crippen LogP contribution < -0.4 is 5.32 Å². The monoisotopic (exact) mass is 316 g/mol. The molecule has 1 saturated heterocycles. The maximum Gasteiger partial charge on any atom is 0.251 e. The molecule has 0 aromatic heterocycles. The quantitative estimate of drug-likeness (QED) is 0.925. The summed E-state index contributed by atoms with van der Waals surface area (Å²) in [4.78, 5) is 26.8. The molecular weight excluding hydrogens is 292 g/mol. The van der Waals surface area contributed by atoms with Crippen LogP contribution in [0.5, 0.6) is 0 Å². The number of benzene rings is 1. The molecule has 2 fully saturated rings. The molecule has 1 aliphatic carbocycles. The van der Waals surface area contributed by atoms with Gasteiger partial charge in [0.2, 0.25) is 5.91 Å². The first-order valence-electron chi connectivity index (χ1n) is 8.36. The maximum absolute atomic E-state index is 12.7. The fourth-order valence-corrected chi connectivity index (χ4v) is 3.28. The molecule has 0 unspecified atom stereocenters. The van der Waals surface area contributed by atoms with Gasteiger partial charge in [-0.05, 0) is 38.7 Å². The largest absolute Gasteiger partial charge is 0.356 e. The topological polar surface area (TPSA) is 58.6 Å². The number of nitrogens with one attached hydrogen (secondary N) is 1. The Morgan fingerprint density at radius 3 is 2.52 bits per heavy atom. The molecule has 5 nitrogen and oxygen atoms in total. The van der Waals surface area contributed by atoms with Crippen LogP contribution in [0.2, 0.25) is 0 Å². The Kier molecular flexibility index (Phi) is 4.66.